The van der Waals surface area contributed by atoms with Crippen LogP contribution in [0.15, 0.2) is 17.5 Å². The average Bonchev–Trinajstić information content (AvgIpc) is 3.07. The van der Waals surface area contributed by atoms with Crippen LogP contribution in [0.3, 0.4) is 0 Å². The molecule has 0 amide bonds. The molecule has 98 valence electrons. The van der Waals surface area contributed by atoms with Gasteiger partial charge in [-0.05, 0) is 29.6 Å². The summed E-state index contributed by atoms with van der Waals surface area (Å²) in [5, 5.41) is 8.95. The molecule has 0 bridgehead atoms. The molecule has 0 fully saturated rings. The van der Waals surface area contributed by atoms with Gasteiger partial charge in [0.1, 0.15) is 5.01 Å². The summed E-state index contributed by atoms with van der Waals surface area (Å²) in [6.07, 6.45) is 0. The maximum atomic E-state index is 5.02. The molecule has 0 aromatic carbocycles. The molecule has 3 heterocycles. The number of hydrogen-bond donors (Lipinski definition) is 2. The van der Waals surface area contributed by atoms with E-state index in [0.29, 0.717) is 10.7 Å². The van der Waals surface area contributed by atoms with Gasteiger partial charge in [0.2, 0.25) is 4.77 Å². The standard InChI is InChI=1S/C12H12N4S3/c1-6(2)8-9(10-14-12(17)16-15-10)19-11(13-8)7-4-3-5-18-7/h3-6H,1-2H3,(H2,14,15,16,17). The van der Waals surface area contributed by atoms with Gasteiger partial charge in [-0.1, -0.05) is 19.9 Å². The minimum absolute atomic E-state index is 0.346. The Balaban J connectivity index is 2.15. The van der Waals surface area contributed by atoms with Crippen molar-refractivity contribution >= 4 is 34.9 Å². The van der Waals surface area contributed by atoms with E-state index in [1.54, 1.807) is 22.7 Å². The van der Waals surface area contributed by atoms with E-state index in [4.69, 9.17) is 17.2 Å². The molecule has 0 saturated carbocycles. The monoisotopic (exact) mass is 308 g/mol. The van der Waals surface area contributed by atoms with Crippen molar-refractivity contribution in [2.75, 3.05) is 0 Å². The summed E-state index contributed by atoms with van der Waals surface area (Å²) >= 11 is 8.37. The maximum Gasteiger partial charge on any atom is 0.213 e. The van der Waals surface area contributed by atoms with Crippen molar-refractivity contribution in [1.82, 2.24) is 20.2 Å². The van der Waals surface area contributed by atoms with E-state index in [-0.39, 0.29) is 0 Å². The molecule has 0 aliphatic heterocycles. The van der Waals surface area contributed by atoms with Gasteiger partial charge in [-0.2, -0.15) is 4.98 Å². The second-order valence-electron chi connectivity index (χ2n) is 4.38. The van der Waals surface area contributed by atoms with Crippen molar-refractivity contribution < 1.29 is 0 Å². The number of nitrogens with one attached hydrogen (secondary N) is 2. The van der Waals surface area contributed by atoms with Gasteiger partial charge in [-0.15, -0.1) is 22.7 Å². The smallest absolute Gasteiger partial charge is 0.213 e. The summed E-state index contributed by atoms with van der Waals surface area (Å²) in [5.74, 6) is 1.12. The SMILES string of the molecule is CC(C)c1nc(-c2cccs2)sc1-c1nc(=S)[nH][nH]1. The molecule has 4 nitrogen and oxygen atoms in total. The second-order valence-corrected chi connectivity index (χ2v) is 6.71. The molecule has 3 rings (SSSR count). The lowest BCUT2D eigenvalue weighted by molar-refractivity contribution is 0.834. The van der Waals surface area contributed by atoms with Crippen molar-refractivity contribution in [3.05, 3.63) is 28.0 Å². The van der Waals surface area contributed by atoms with Crippen LogP contribution in [-0.4, -0.2) is 20.2 Å². The Morgan fingerprint density at radius 1 is 1.26 bits per heavy atom. The first-order valence-electron chi connectivity index (χ1n) is 5.85. The third-order valence-electron chi connectivity index (χ3n) is 2.65. The van der Waals surface area contributed by atoms with Gasteiger partial charge < -0.3 is 0 Å². The molecule has 0 spiro atoms. The van der Waals surface area contributed by atoms with E-state index in [1.165, 1.54) is 4.88 Å². The van der Waals surface area contributed by atoms with Crippen LogP contribution in [0.2, 0.25) is 0 Å². The van der Waals surface area contributed by atoms with E-state index in [2.05, 4.69) is 40.5 Å². The lowest BCUT2D eigenvalue weighted by Gasteiger charge is -2.01. The van der Waals surface area contributed by atoms with Gasteiger partial charge in [0.05, 0.1) is 15.4 Å². The summed E-state index contributed by atoms with van der Waals surface area (Å²) in [6.45, 7) is 4.27. The molecular weight excluding hydrogens is 296 g/mol. The Bertz CT molecular complexity index is 733. The summed E-state index contributed by atoms with van der Waals surface area (Å²) in [5.41, 5.74) is 1.06. The summed E-state index contributed by atoms with van der Waals surface area (Å²) in [6, 6.07) is 4.13. The highest BCUT2D eigenvalue weighted by Gasteiger charge is 2.19. The Labute approximate surface area is 123 Å². The van der Waals surface area contributed by atoms with Crippen molar-refractivity contribution in [3.63, 3.8) is 0 Å². The molecule has 0 aliphatic rings. The molecule has 0 unspecified atom stereocenters. The largest absolute Gasteiger partial charge is 0.281 e. The maximum absolute atomic E-state index is 5.02. The van der Waals surface area contributed by atoms with Crippen LogP contribution in [0, 0.1) is 4.77 Å². The van der Waals surface area contributed by atoms with Gasteiger partial charge in [0.15, 0.2) is 5.82 Å². The normalized spacial score (nSPS) is 11.3. The number of thiophene rings is 1. The van der Waals surface area contributed by atoms with E-state index in [0.717, 1.165) is 21.4 Å². The van der Waals surface area contributed by atoms with E-state index in [9.17, 15) is 0 Å². The number of thiazole rings is 1. The number of nitrogens with zero attached hydrogens (tertiary/aromatic N) is 2. The third-order valence-corrected chi connectivity index (χ3v) is 4.96. The number of H-pyrrole nitrogens is 2. The molecule has 0 radical (unpaired) electrons. The van der Waals surface area contributed by atoms with Gasteiger partial charge in [0, 0.05) is 0 Å². The number of rotatable bonds is 3. The summed E-state index contributed by atoms with van der Waals surface area (Å²) in [7, 11) is 0. The summed E-state index contributed by atoms with van der Waals surface area (Å²) < 4.78 is 0.468. The zero-order chi connectivity index (χ0) is 13.4. The van der Waals surface area contributed by atoms with Crippen LogP contribution in [0.25, 0.3) is 20.6 Å². The fraction of sp³-hybridized carbons (Fsp3) is 0.250. The Morgan fingerprint density at radius 2 is 2.11 bits per heavy atom. The quantitative estimate of drug-likeness (QED) is 0.703. The van der Waals surface area contributed by atoms with Crippen LogP contribution >= 0.6 is 34.9 Å². The van der Waals surface area contributed by atoms with Crippen LogP contribution in [0.4, 0.5) is 0 Å². The molecular formula is C12H12N4S3. The Morgan fingerprint density at radius 3 is 2.68 bits per heavy atom. The topological polar surface area (TPSA) is 57.4 Å². The van der Waals surface area contributed by atoms with Crippen molar-refractivity contribution in [1.29, 1.82) is 0 Å². The van der Waals surface area contributed by atoms with Crippen molar-refractivity contribution in [2.24, 2.45) is 0 Å². The second kappa shape index (κ2) is 4.99. The fourth-order valence-corrected chi connectivity index (χ4v) is 3.88. The van der Waals surface area contributed by atoms with Gasteiger partial charge in [0.25, 0.3) is 0 Å². The lowest BCUT2D eigenvalue weighted by Crippen LogP contribution is -1.91. The molecule has 0 saturated heterocycles. The van der Waals surface area contributed by atoms with E-state index < -0.39 is 0 Å². The number of aromatic amines is 2. The predicted octanol–water partition coefficient (Wildman–Crippen LogP) is 4.44. The molecule has 7 heteroatoms. The first-order valence-corrected chi connectivity index (χ1v) is 7.95. The molecule has 2 N–H and O–H groups in total. The lowest BCUT2D eigenvalue weighted by atomic mass is 10.1. The zero-order valence-electron chi connectivity index (χ0n) is 10.4. The van der Waals surface area contributed by atoms with Crippen LogP contribution in [0.5, 0.6) is 0 Å². The van der Waals surface area contributed by atoms with Crippen LogP contribution in [-0.2, 0) is 0 Å². The Kier molecular flexibility index (Phi) is 3.34. The number of aromatic nitrogens is 4. The zero-order valence-corrected chi connectivity index (χ0v) is 12.9. The molecule has 3 aromatic rings. The highest BCUT2D eigenvalue weighted by atomic mass is 32.1. The van der Waals surface area contributed by atoms with Crippen LogP contribution in [0.1, 0.15) is 25.5 Å². The first kappa shape index (κ1) is 12.7. The van der Waals surface area contributed by atoms with Crippen molar-refractivity contribution in [3.8, 4) is 20.6 Å². The Hall–Kier alpha value is -1.31. The first-order chi connectivity index (χ1) is 9.15. The third kappa shape index (κ3) is 2.41. The molecule has 3 aromatic heterocycles. The predicted molar refractivity (Wildman–Crippen MR) is 82.3 cm³/mol. The molecule has 19 heavy (non-hydrogen) atoms. The highest BCUT2D eigenvalue weighted by molar-refractivity contribution is 7.71. The molecule has 0 aliphatic carbocycles. The van der Waals surface area contributed by atoms with Crippen molar-refractivity contribution in [2.45, 2.75) is 19.8 Å². The van der Waals surface area contributed by atoms with Gasteiger partial charge in [-0.25, -0.2) is 4.98 Å². The van der Waals surface area contributed by atoms with E-state index in [1.807, 2.05) is 6.07 Å². The fourth-order valence-electron chi connectivity index (χ4n) is 1.78. The molecule has 0 atom stereocenters. The summed E-state index contributed by atoms with van der Waals surface area (Å²) in [4.78, 5) is 11.3. The van der Waals surface area contributed by atoms with Gasteiger partial charge in [-0.3, -0.25) is 10.2 Å². The van der Waals surface area contributed by atoms with Crippen LogP contribution < -0.4 is 0 Å². The van der Waals surface area contributed by atoms with E-state index >= 15 is 0 Å². The minimum Gasteiger partial charge on any atom is -0.281 e. The number of hydrogen-bond acceptors (Lipinski definition) is 5. The van der Waals surface area contributed by atoms with Gasteiger partial charge >= 0.3 is 0 Å². The minimum atomic E-state index is 0.346. The average molecular weight is 308 g/mol. The highest BCUT2D eigenvalue weighted by Crippen LogP contribution is 2.38.